The van der Waals surface area contributed by atoms with Gasteiger partial charge in [0.1, 0.15) is 6.07 Å². The van der Waals surface area contributed by atoms with Gasteiger partial charge < -0.3 is 9.13 Å². The summed E-state index contributed by atoms with van der Waals surface area (Å²) in [7, 11) is 0. The molecule has 0 N–H and O–H groups in total. The van der Waals surface area contributed by atoms with Gasteiger partial charge in [-0.1, -0.05) is 255 Å². The van der Waals surface area contributed by atoms with Gasteiger partial charge in [-0.2, -0.15) is 5.26 Å². The van der Waals surface area contributed by atoms with E-state index in [0.717, 1.165) is 114 Å². The van der Waals surface area contributed by atoms with E-state index in [-0.39, 0.29) is 0 Å². The molecule has 0 amide bonds. The molecule has 17 rings (SSSR count). The summed E-state index contributed by atoms with van der Waals surface area (Å²) in [4.78, 5) is 4.75. The SMILES string of the molecule is [C-]#[N+]c1c(-c2cccc(-c3ccccc3)c2)c(C#N)c(-n2c3c(ccc4c5cccc(-c6ccccc6)c5sc43)c3ccc4c5cccc(-c6ccccc6)c5sc4c32)c(-c2cccc(-c3ccccc3)c2)c1-n1c2ccccc2c2ccccc21. The van der Waals surface area contributed by atoms with Crippen molar-refractivity contribution in [2.24, 2.45) is 0 Å². The van der Waals surface area contributed by atoms with Crippen LogP contribution in [-0.2, 0) is 0 Å². The number of rotatable bonds is 8. The molecule has 17 aromatic rings. The highest BCUT2D eigenvalue weighted by Crippen LogP contribution is 2.56. The fraction of sp³-hybridized carbons (Fsp3) is 0. The second-order valence-electron chi connectivity index (χ2n) is 22.0. The second kappa shape index (κ2) is 19.8. The molecule has 0 radical (unpaired) electrons. The lowest BCUT2D eigenvalue weighted by Gasteiger charge is -2.26. The minimum atomic E-state index is 0.391. The molecule has 0 atom stereocenters. The zero-order valence-corrected chi connectivity index (χ0v) is 47.8. The Kier molecular flexibility index (Phi) is 11.4. The predicted molar refractivity (Wildman–Crippen MR) is 364 cm³/mol. The highest BCUT2D eigenvalue weighted by Gasteiger charge is 2.34. The molecule has 0 fully saturated rings. The standard InChI is InChI=1S/C80H46N4S2/c1-82-72-70(55-32-18-30-53(46-55)49-22-6-2-7-23-49)67(48-81)73(71(56-33-19-31-54(47-56)50-24-8-3-9-25-50)76(72)83-68-40-16-14-34-59(68)60-35-15-17-41-69(60)83)84-74-61(42-44-65-63-38-20-36-57(77(63)85-79(65)74)51-26-10-4-11-27-51)62-43-45-66-64-39-21-37-58(52-28-12-5-13-29-52)78(64)86-80(66)75(62)84/h2-47H. The van der Waals surface area contributed by atoms with Gasteiger partial charge in [-0.05, 0) is 79.9 Å². The molecule has 0 aliphatic rings. The highest BCUT2D eigenvalue weighted by molar-refractivity contribution is 7.28. The van der Waals surface area contributed by atoms with Crippen molar-refractivity contribution in [2.75, 3.05) is 0 Å². The lowest BCUT2D eigenvalue weighted by molar-refractivity contribution is 1.14. The van der Waals surface area contributed by atoms with E-state index in [2.05, 4.69) is 288 Å². The third-order valence-electron chi connectivity index (χ3n) is 17.4. The zero-order chi connectivity index (χ0) is 57.0. The maximum absolute atomic E-state index is 12.8. The number of aromatic nitrogens is 2. The molecular formula is C80H46N4S2. The molecule has 0 aliphatic heterocycles. The fourth-order valence-corrected chi connectivity index (χ4v) is 16.4. The van der Waals surface area contributed by atoms with Crippen LogP contribution in [0.5, 0.6) is 0 Å². The zero-order valence-electron chi connectivity index (χ0n) is 46.2. The fourth-order valence-electron chi connectivity index (χ4n) is 13.7. The summed E-state index contributed by atoms with van der Waals surface area (Å²) in [5, 5.41) is 21.7. The third kappa shape index (κ3) is 7.45. The van der Waals surface area contributed by atoms with Crippen LogP contribution in [0.3, 0.4) is 0 Å². The maximum atomic E-state index is 12.8. The molecular weight excluding hydrogens is 1080 g/mol. The van der Waals surface area contributed by atoms with Crippen molar-refractivity contribution in [3.05, 3.63) is 296 Å². The highest BCUT2D eigenvalue weighted by atomic mass is 32.1. The van der Waals surface area contributed by atoms with Crippen LogP contribution in [0.15, 0.2) is 279 Å². The summed E-state index contributed by atoms with van der Waals surface area (Å²) < 4.78 is 9.44. The van der Waals surface area contributed by atoms with Crippen LogP contribution in [0.25, 0.3) is 167 Å². The first kappa shape index (κ1) is 49.5. The predicted octanol–water partition coefficient (Wildman–Crippen LogP) is 23.0. The van der Waals surface area contributed by atoms with Crippen molar-refractivity contribution >= 4 is 112 Å². The molecule has 0 saturated carbocycles. The van der Waals surface area contributed by atoms with Crippen molar-refractivity contribution in [3.63, 3.8) is 0 Å². The summed E-state index contributed by atoms with van der Waals surface area (Å²) in [5.74, 6) is 0. The first-order valence-corrected chi connectivity index (χ1v) is 30.5. The molecule has 4 heterocycles. The summed E-state index contributed by atoms with van der Waals surface area (Å²) in [6.45, 7) is 9.75. The van der Waals surface area contributed by atoms with Crippen LogP contribution in [0.2, 0.25) is 0 Å². The van der Waals surface area contributed by atoms with Crippen LogP contribution in [0.1, 0.15) is 5.56 Å². The number of hydrogen-bond acceptors (Lipinski definition) is 3. The topological polar surface area (TPSA) is 38.0 Å². The van der Waals surface area contributed by atoms with Crippen molar-refractivity contribution in [3.8, 4) is 84.2 Å². The van der Waals surface area contributed by atoms with E-state index in [0.29, 0.717) is 28.2 Å². The van der Waals surface area contributed by atoms with Gasteiger partial charge in [0.25, 0.3) is 0 Å². The van der Waals surface area contributed by atoms with Gasteiger partial charge in [0.2, 0.25) is 5.69 Å². The van der Waals surface area contributed by atoms with Crippen LogP contribution in [0.4, 0.5) is 5.69 Å². The van der Waals surface area contributed by atoms with E-state index in [4.69, 9.17) is 4.85 Å². The van der Waals surface area contributed by atoms with Gasteiger partial charge in [0.05, 0.1) is 55.0 Å². The number of benzene rings is 13. The minimum absolute atomic E-state index is 0.391. The Hall–Kier alpha value is -11.1. The first-order valence-electron chi connectivity index (χ1n) is 28.8. The second-order valence-corrected chi connectivity index (χ2v) is 24.0. The van der Waals surface area contributed by atoms with Crippen LogP contribution >= 0.6 is 22.7 Å². The maximum Gasteiger partial charge on any atom is 0.220 e. The molecule has 0 bridgehead atoms. The Morgan fingerprint density at radius 1 is 0.314 bits per heavy atom. The Labute approximate surface area is 503 Å². The first-order chi connectivity index (χ1) is 42.6. The van der Waals surface area contributed by atoms with Crippen molar-refractivity contribution in [2.45, 2.75) is 0 Å². The number of nitrogens with zero attached hydrogens (tertiary/aromatic N) is 4. The molecule has 0 unspecified atom stereocenters. The Morgan fingerprint density at radius 2 is 0.686 bits per heavy atom. The molecule has 398 valence electrons. The third-order valence-corrected chi connectivity index (χ3v) is 19.9. The number of thiophene rings is 2. The van der Waals surface area contributed by atoms with Crippen molar-refractivity contribution < 1.29 is 0 Å². The lowest BCUT2D eigenvalue weighted by Crippen LogP contribution is -2.09. The summed E-state index contributed by atoms with van der Waals surface area (Å²) in [6.07, 6.45) is 0. The minimum Gasteiger partial charge on any atom is -0.318 e. The molecule has 13 aromatic carbocycles. The van der Waals surface area contributed by atoms with Gasteiger partial charge in [-0.25, -0.2) is 4.85 Å². The summed E-state index contributed by atoms with van der Waals surface area (Å²) in [5.41, 5.74) is 18.0. The quantitative estimate of drug-likeness (QED) is 0.140. The molecule has 0 spiro atoms. The van der Waals surface area contributed by atoms with Gasteiger partial charge in [-0.3, -0.25) is 0 Å². The molecule has 4 nitrogen and oxygen atoms in total. The molecule has 4 aromatic heterocycles. The number of nitriles is 1. The van der Waals surface area contributed by atoms with Crippen LogP contribution in [0, 0.1) is 17.9 Å². The van der Waals surface area contributed by atoms with Gasteiger partial charge in [-0.15, -0.1) is 22.7 Å². The van der Waals surface area contributed by atoms with Crippen LogP contribution < -0.4 is 0 Å². The normalized spacial score (nSPS) is 11.7. The van der Waals surface area contributed by atoms with Gasteiger partial charge >= 0.3 is 0 Å². The van der Waals surface area contributed by atoms with Gasteiger partial charge in [0, 0.05) is 63.6 Å². The Morgan fingerprint density at radius 3 is 1.15 bits per heavy atom. The number of fused-ring (bicyclic) bond motifs is 14. The van der Waals surface area contributed by atoms with E-state index >= 15 is 0 Å². The lowest BCUT2D eigenvalue weighted by atomic mass is 9.87. The molecule has 0 aliphatic carbocycles. The summed E-state index contributed by atoms with van der Waals surface area (Å²) in [6, 6.07) is 102. The van der Waals surface area contributed by atoms with Crippen molar-refractivity contribution in [1.82, 2.24) is 9.13 Å². The summed E-state index contributed by atoms with van der Waals surface area (Å²) >= 11 is 3.64. The van der Waals surface area contributed by atoms with Crippen molar-refractivity contribution in [1.29, 1.82) is 5.26 Å². The van der Waals surface area contributed by atoms with Crippen LogP contribution in [-0.4, -0.2) is 9.13 Å². The average molecular weight is 1130 g/mol. The monoisotopic (exact) mass is 1130 g/mol. The van der Waals surface area contributed by atoms with E-state index in [1.807, 2.05) is 28.7 Å². The van der Waals surface area contributed by atoms with E-state index in [9.17, 15) is 11.8 Å². The molecule has 0 saturated heterocycles. The molecule has 6 heteroatoms. The van der Waals surface area contributed by atoms with Gasteiger partial charge in [0.15, 0.2) is 0 Å². The van der Waals surface area contributed by atoms with E-state index < -0.39 is 0 Å². The largest absolute Gasteiger partial charge is 0.318 e. The van der Waals surface area contributed by atoms with E-state index in [1.54, 1.807) is 0 Å². The van der Waals surface area contributed by atoms with E-state index in [1.165, 1.54) is 31.3 Å². The average Bonchev–Trinajstić information content (AvgIpc) is 1.50. The Balaban J connectivity index is 1.15. The Bertz CT molecular complexity index is 5490. The number of hydrogen-bond donors (Lipinski definition) is 0. The molecule has 86 heavy (non-hydrogen) atoms. The number of para-hydroxylation sites is 2. The smallest absolute Gasteiger partial charge is 0.220 e.